The maximum atomic E-state index is 13.1. The fourth-order valence-corrected chi connectivity index (χ4v) is 4.88. The molecule has 0 unspecified atom stereocenters. The first-order chi connectivity index (χ1) is 14.7. The van der Waals surface area contributed by atoms with Crippen molar-refractivity contribution in [3.63, 3.8) is 0 Å². The van der Waals surface area contributed by atoms with Gasteiger partial charge >= 0.3 is 6.18 Å². The third kappa shape index (κ3) is 4.63. The van der Waals surface area contributed by atoms with E-state index in [0.29, 0.717) is 23.4 Å². The van der Waals surface area contributed by atoms with Crippen LogP contribution >= 0.6 is 11.3 Å². The molecule has 1 atom stereocenters. The number of amides is 1. The van der Waals surface area contributed by atoms with Crippen LogP contribution in [0, 0.1) is 13.8 Å². The zero-order valence-corrected chi connectivity index (χ0v) is 18.1. The van der Waals surface area contributed by atoms with Gasteiger partial charge in [-0.1, -0.05) is 24.3 Å². The normalized spacial score (nSPS) is 16.7. The van der Waals surface area contributed by atoms with E-state index in [-0.39, 0.29) is 11.9 Å². The van der Waals surface area contributed by atoms with Crippen LogP contribution < -0.4 is 0 Å². The number of rotatable bonds is 4. The topological polar surface area (TPSA) is 46.1 Å². The number of hydrogen-bond acceptors (Lipinski definition) is 4. The average Bonchev–Trinajstić information content (AvgIpc) is 3.34. The summed E-state index contributed by atoms with van der Waals surface area (Å²) < 4.78 is 38.8. The van der Waals surface area contributed by atoms with Gasteiger partial charge in [0.05, 0.1) is 28.0 Å². The van der Waals surface area contributed by atoms with Crippen molar-refractivity contribution < 1.29 is 18.0 Å². The first kappa shape index (κ1) is 21.5. The van der Waals surface area contributed by atoms with Crippen LogP contribution in [-0.2, 0) is 12.6 Å². The summed E-state index contributed by atoms with van der Waals surface area (Å²) in [5.74, 6) is -0.0135. The Morgan fingerprint density at radius 3 is 2.65 bits per heavy atom. The van der Waals surface area contributed by atoms with Gasteiger partial charge in [-0.2, -0.15) is 13.2 Å². The van der Waals surface area contributed by atoms with Crippen molar-refractivity contribution in [1.29, 1.82) is 0 Å². The van der Waals surface area contributed by atoms with Crippen LogP contribution in [-0.4, -0.2) is 27.3 Å². The Balaban J connectivity index is 1.50. The highest BCUT2D eigenvalue weighted by atomic mass is 32.1. The number of nitrogens with zero attached hydrogens (tertiary/aromatic N) is 3. The van der Waals surface area contributed by atoms with Crippen LogP contribution in [0.15, 0.2) is 42.6 Å². The third-order valence-electron chi connectivity index (χ3n) is 5.46. The van der Waals surface area contributed by atoms with Gasteiger partial charge in [0.2, 0.25) is 0 Å². The van der Waals surface area contributed by atoms with Gasteiger partial charge in [0.15, 0.2) is 0 Å². The van der Waals surface area contributed by atoms with Crippen LogP contribution in [0.3, 0.4) is 0 Å². The zero-order chi connectivity index (χ0) is 22.2. The second kappa shape index (κ2) is 8.42. The predicted octanol–water partition coefficient (Wildman–Crippen LogP) is 5.74. The number of carbonyl (C=O) groups excluding carboxylic acids is 1. The molecule has 1 aromatic carbocycles. The molecule has 0 aliphatic carbocycles. The number of likely N-dealkylation sites (tertiary alicyclic amines) is 1. The first-order valence-corrected chi connectivity index (χ1v) is 10.9. The van der Waals surface area contributed by atoms with Gasteiger partial charge < -0.3 is 4.90 Å². The molecule has 3 heterocycles. The Bertz CT molecular complexity index is 1090. The molecule has 0 bridgehead atoms. The molecule has 0 saturated carbocycles. The number of benzene rings is 1. The molecule has 31 heavy (non-hydrogen) atoms. The lowest BCUT2D eigenvalue weighted by Crippen LogP contribution is -2.30. The molecule has 3 aromatic rings. The second-order valence-electron chi connectivity index (χ2n) is 7.77. The van der Waals surface area contributed by atoms with Crippen LogP contribution in [0.4, 0.5) is 13.2 Å². The minimum absolute atomic E-state index is 0.0135. The molecule has 1 aliphatic heterocycles. The van der Waals surface area contributed by atoms with E-state index < -0.39 is 11.7 Å². The molecule has 1 aliphatic rings. The van der Waals surface area contributed by atoms with E-state index in [4.69, 9.17) is 0 Å². The quantitative estimate of drug-likeness (QED) is 0.514. The minimum Gasteiger partial charge on any atom is -0.329 e. The number of aryl methyl sites for hydroxylation is 2. The summed E-state index contributed by atoms with van der Waals surface area (Å²) in [6.07, 6.45) is -0.558. The summed E-state index contributed by atoms with van der Waals surface area (Å²) in [5.41, 5.74) is 2.31. The van der Waals surface area contributed by atoms with Crippen molar-refractivity contribution in [2.45, 2.75) is 45.3 Å². The van der Waals surface area contributed by atoms with Crippen molar-refractivity contribution in [1.82, 2.24) is 14.9 Å². The summed E-state index contributed by atoms with van der Waals surface area (Å²) in [7, 11) is 0. The van der Waals surface area contributed by atoms with Gasteiger partial charge in [0.25, 0.3) is 5.91 Å². The van der Waals surface area contributed by atoms with E-state index in [1.54, 1.807) is 12.3 Å². The van der Waals surface area contributed by atoms with Gasteiger partial charge in [-0.3, -0.25) is 9.78 Å². The summed E-state index contributed by atoms with van der Waals surface area (Å²) in [4.78, 5) is 24.5. The summed E-state index contributed by atoms with van der Waals surface area (Å²) >= 11 is 1.41. The summed E-state index contributed by atoms with van der Waals surface area (Å²) in [5, 5.41) is 0.869. The standard InChI is InChI=1S/C23H22F3N3OS/c1-14-21(31-15(2)28-14)22(30)29-10-4-7-20(29)19-9-8-17(13-27-19)11-16-5-3-6-18(12-16)23(24,25)26/h3,5-6,8-9,12-13,20H,4,7,10-11H2,1-2H3/t20-/m0/s1. The first-order valence-electron chi connectivity index (χ1n) is 10.1. The number of hydrogen-bond donors (Lipinski definition) is 0. The van der Waals surface area contributed by atoms with Crippen LogP contribution in [0.2, 0.25) is 0 Å². The van der Waals surface area contributed by atoms with E-state index in [0.717, 1.165) is 40.9 Å². The molecule has 4 rings (SSSR count). The van der Waals surface area contributed by atoms with E-state index >= 15 is 0 Å². The maximum Gasteiger partial charge on any atom is 0.416 e. The third-order valence-corrected chi connectivity index (χ3v) is 6.52. The van der Waals surface area contributed by atoms with Crippen LogP contribution in [0.5, 0.6) is 0 Å². The highest BCUT2D eigenvalue weighted by Crippen LogP contribution is 2.34. The highest BCUT2D eigenvalue weighted by molar-refractivity contribution is 7.13. The lowest BCUT2D eigenvalue weighted by molar-refractivity contribution is -0.137. The molecule has 4 nitrogen and oxygen atoms in total. The largest absolute Gasteiger partial charge is 0.416 e. The fourth-order valence-electron chi connectivity index (χ4n) is 4.01. The van der Waals surface area contributed by atoms with Crippen molar-refractivity contribution in [2.75, 3.05) is 6.54 Å². The van der Waals surface area contributed by atoms with E-state index in [1.807, 2.05) is 30.9 Å². The van der Waals surface area contributed by atoms with Crippen molar-refractivity contribution in [2.24, 2.45) is 0 Å². The molecule has 0 N–H and O–H groups in total. The van der Waals surface area contributed by atoms with Crippen LogP contribution in [0.25, 0.3) is 0 Å². The molecule has 0 spiro atoms. The zero-order valence-electron chi connectivity index (χ0n) is 17.2. The molecule has 1 amide bonds. The Hall–Kier alpha value is -2.74. The number of halogens is 3. The molecule has 2 aromatic heterocycles. The fraction of sp³-hybridized carbons (Fsp3) is 0.348. The Kier molecular flexibility index (Phi) is 5.83. The van der Waals surface area contributed by atoms with Gasteiger partial charge in [0.1, 0.15) is 4.88 Å². The average molecular weight is 446 g/mol. The van der Waals surface area contributed by atoms with Gasteiger partial charge in [-0.05, 0) is 56.4 Å². The minimum atomic E-state index is -4.36. The van der Waals surface area contributed by atoms with E-state index in [9.17, 15) is 18.0 Å². The number of carbonyl (C=O) groups is 1. The molecular weight excluding hydrogens is 423 g/mol. The van der Waals surface area contributed by atoms with E-state index in [1.165, 1.54) is 23.5 Å². The molecule has 8 heteroatoms. The van der Waals surface area contributed by atoms with Crippen molar-refractivity contribution in [3.05, 3.63) is 80.6 Å². The molecular formula is C23H22F3N3OS. The van der Waals surface area contributed by atoms with Gasteiger partial charge in [-0.25, -0.2) is 4.98 Å². The number of alkyl halides is 3. The second-order valence-corrected chi connectivity index (χ2v) is 8.97. The molecule has 162 valence electrons. The SMILES string of the molecule is Cc1nc(C)c(C(=O)N2CCC[C@H]2c2ccc(Cc3cccc(C(F)(F)F)c3)cn2)s1. The van der Waals surface area contributed by atoms with E-state index in [2.05, 4.69) is 9.97 Å². The van der Waals surface area contributed by atoms with Gasteiger partial charge in [0, 0.05) is 12.7 Å². The van der Waals surface area contributed by atoms with Gasteiger partial charge in [-0.15, -0.1) is 11.3 Å². The highest BCUT2D eigenvalue weighted by Gasteiger charge is 2.33. The van der Waals surface area contributed by atoms with Crippen LogP contribution in [0.1, 0.15) is 61.6 Å². The monoisotopic (exact) mass is 445 g/mol. The lowest BCUT2D eigenvalue weighted by atomic mass is 10.0. The Morgan fingerprint density at radius 1 is 1.19 bits per heavy atom. The summed E-state index contributed by atoms with van der Waals surface area (Å²) in [6, 6.07) is 9.01. The lowest BCUT2D eigenvalue weighted by Gasteiger charge is -2.24. The Labute approximate surface area is 182 Å². The number of aromatic nitrogens is 2. The smallest absolute Gasteiger partial charge is 0.329 e. The molecule has 1 saturated heterocycles. The van der Waals surface area contributed by atoms with Crippen molar-refractivity contribution in [3.8, 4) is 0 Å². The maximum absolute atomic E-state index is 13.1. The summed E-state index contributed by atoms with van der Waals surface area (Å²) in [6.45, 7) is 4.41. The molecule has 0 radical (unpaired) electrons. The molecule has 1 fully saturated rings. The van der Waals surface area contributed by atoms with Crippen molar-refractivity contribution >= 4 is 17.2 Å². The Morgan fingerprint density at radius 2 is 2.00 bits per heavy atom. The number of thiazole rings is 1. The number of pyridine rings is 1. The predicted molar refractivity (Wildman–Crippen MR) is 113 cm³/mol.